The van der Waals surface area contributed by atoms with E-state index < -0.39 is 4.92 Å². The maximum atomic E-state index is 11.1. The summed E-state index contributed by atoms with van der Waals surface area (Å²) < 4.78 is 5.24. The monoisotopic (exact) mass is 272 g/mol. The molecule has 98 valence electrons. The van der Waals surface area contributed by atoms with Crippen LogP contribution in [0.3, 0.4) is 0 Å². The summed E-state index contributed by atoms with van der Waals surface area (Å²) in [5, 5.41) is 11.1. The summed E-state index contributed by atoms with van der Waals surface area (Å²) in [4.78, 5) is 20.2. The Bertz CT molecular complexity index is 482. The van der Waals surface area contributed by atoms with Crippen LogP contribution in [0.5, 0.6) is 0 Å². The summed E-state index contributed by atoms with van der Waals surface area (Å²) in [6.07, 6.45) is 0.882. The first-order valence-electron chi connectivity index (χ1n) is 5.49. The molecular weight excluding hydrogens is 260 g/mol. The molecule has 0 aliphatic carbocycles. The summed E-state index contributed by atoms with van der Waals surface area (Å²) in [5.41, 5.74) is 0.187. The molecule has 1 saturated heterocycles. The fraction of sp³-hybridized carbons (Fsp3) is 0.600. The third-order valence-corrected chi connectivity index (χ3v) is 3.14. The number of ether oxygens (including phenoxy) is 1. The van der Waals surface area contributed by atoms with Crippen molar-refractivity contribution in [3.05, 3.63) is 21.1 Å². The molecule has 18 heavy (non-hydrogen) atoms. The summed E-state index contributed by atoms with van der Waals surface area (Å²) in [5.74, 6) is 0.275. The van der Waals surface area contributed by atoms with E-state index in [0.717, 1.165) is 6.42 Å². The minimum absolute atomic E-state index is 0.0222. The van der Waals surface area contributed by atoms with Gasteiger partial charge >= 0.3 is 5.69 Å². The molecular formula is C10H13ClN4O3. The van der Waals surface area contributed by atoms with Gasteiger partial charge in [-0.2, -0.15) is 4.98 Å². The highest BCUT2D eigenvalue weighted by atomic mass is 35.5. The molecule has 0 spiro atoms. The number of methoxy groups -OCH3 is 1. The predicted octanol–water partition coefficient (Wildman–Crippen LogP) is 1.57. The van der Waals surface area contributed by atoms with Crippen molar-refractivity contribution in [1.29, 1.82) is 0 Å². The third-order valence-electron chi connectivity index (χ3n) is 2.97. The van der Waals surface area contributed by atoms with Crippen molar-refractivity contribution in [3.63, 3.8) is 0 Å². The largest absolute Gasteiger partial charge is 0.380 e. The Kier molecular flexibility index (Phi) is 3.63. The number of hydrogen-bond donors (Lipinski definition) is 0. The number of halogens is 1. The zero-order valence-electron chi connectivity index (χ0n) is 10.1. The summed E-state index contributed by atoms with van der Waals surface area (Å²) >= 11 is 5.77. The van der Waals surface area contributed by atoms with Gasteiger partial charge in [0.05, 0.1) is 11.0 Å². The standard InChI is InChI=1S/C10H13ClN4O3/c1-6-8(15(16)17)9(13-10(11)12-6)14-4-3-7(5-14)18-2/h7H,3-5H2,1-2H3. The van der Waals surface area contributed by atoms with Crippen molar-refractivity contribution in [2.45, 2.75) is 19.4 Å². The number of nitrogens with zero attached hydrogens (tertiary/aromatic N) is 4. The fourth-order valence-electron chi connectivity index (χ4n) is 2.07. The SMILES string of the molecule is COC1CCN(c2nc(Cl)nc(C)c2[N+](=O)[O-])C1. The first kappa shape index (κ1) is 13.0. The molecule has 0 radical (unpaired) electrons. The van der Waals surface area contributed by atoms with E-state index in [4.69, 9.17) is 16.3 Å². The molecule has 0 N–H and O–H groups in total. The van der Waals surface area contributed by atoms with Gasteiger partial charge in [0.15, 0.2) is 0 Å². The van der Waals surface area contributed by atoms with Gasteiger partial charge in [0.1, 0.15) is 5.69 Å². The number of rotatable bonds is 3. The van der Waals surface area contributed by atoms with Crippen LogP contribution in [0.1, 0.15) is 12.1 Å². The van der Waals surface area contributed by atoms with Crippen LogP contribution in [0, 0.1) is 17.0 Å². The van der Waals surface area contributed by atoms with Crippen LogP contribution in [-0.4, -0.2) is 41.2 Å². The highest BCUT2D eigenvalue weighted by Gasteiger charge is 2.31. The van der Waals surface area contributed by atoms with E-state index in [0.29, 0.717) is 13.1 Å². The molecule has 8 heteroatoms. The zero-order valence-corrected chi connectivity index (χ0v) is 10.8. The molecule has 1 aliphatic rings. The second-order valence-corrected chi connectivity index (χ2v) is 4.44. The Morgan fingerprint density at radius 2 is 2.28 bits per heavy atom. The van der Waals surface area contributed by atoms with E-state index in [1.165, 1.54) is 0 Å². The average Bonchev–Trinajstić information content (AvgIpc) is 2.75. The quantitative estimate of drug-likeness (QED) is 0.472. The Hall–Kier alpha value is -1.47. The predicted molar refractivity (Wildman–Crippen MR) is 66.1 cm³/mol. The fourth-order valence-corrected chi connectivity index (χ4v) is 2.27. The van der Waals surface area contributed by atoms with Gasteiger partial charge < -0.3 is 9.64 Å². The molecule has 1 fully saturated rings. The summed E-state index contributed by atoms with van der Waals surface area (Å²) in [6.45, 7) is 2.79. The van der Waals surface area contributed by atoms with Gasteiger partial charge in [0.2, 0.25) is 11.1 Å². The Morgan fingerprint density at radius 1 is 1.56 bits per heavy atom. The van der Waals surface area contributed by atoms with Crippen LogP contribution in [0.2, 0.25) is 5.28 Å². The molecule has 1 aromatic rings. The van der Waals surface area contributed by atoms with E-state index in [9.17, 15) is 10.1 Å². The lowest BCUT2D eigenvalue weighted by Crippen LogP contribution is -2.24. The third kappa shape index (κ3) is 2.37. The van der Waals surface area contributed by atoms with Crippen molar-refractivity contribution in [2.24, 2.45) is 0 Å². The average molecular weight is 273 g/mol. The van der Waals surface area contributed by atoms with E-state index in [2.05, 4.69) is 9.97 Å². The maximum absolute atomic E-state index is 11.1. The van der Waals surface area contributed by atoms with Crippen molar-refractivity contribution < 1.29 is 9.66 Å². The molecule has 2 heterocycles. The highest BCUT2D eigenvalue weighted by Crippen LogP contribution is 2.32. The van der Waals surface area contributed by atoms with Gasteiger partial charge in [-0.1, -0.05) is 0 Å². The Morgan fingerprint density at radius 3 is 2.83 bits per heavy atom. The van der Waals surface area contributed by atoms with Gasteiger partial charge in [-0.3, -0.25) is 10.1 Å². The lowest BCUT2D eigenvalue weighted by molar-refractivity contribution is -0.385. The van der Waals surface area contributed by atoms with Gasteiger partial charge in [-0.25, -0.2) is 4.98 Å². The first-order valence-corrected chi connectivity index (χ1v) is 5.87. The number of aryl methyl sites for hydroxylation is 1. The lowest BCUT2D eigenvalue weighted by atomic mass is 10.3. The Labute approximate surface area is 109 Å². The van der Waals surface area contributed by atoms with Crippen molar-refractivity contribution in [2.75, 3.05) is 25.1 Å². The minimum atomic E-state index is -0.471. The van der Waals surface area contributed by atoms with Gasteiger partial charge in [0.25, 0.3) is 0 Å². The van der Waals surface area contributed by atoms with E-state index in [1.54, 1.807) is 14.0 Å². The molecule has 0 bridgehead atoms. The zero-order chi connectivity index (χ0) is 13.3. The molecule has 0 amide bonds. The minimum Gasteiger partial charge on any atom is -0.380 e. The van der Waals surface area contributed by atoms with Crippen LogP contribution in [0.4, 0.5) is 11.5 Å². The topological polar surface area (TPSA) is 81.4 Å². The Balaban J connectivity index is 2.40. The van der Waals surface area contributed by atoms with Crippen molar-refractivity contribution >= 4 is 23.1 Å². The van der Waals surface area contributed by atoms with E-state index in [1.807, 2.05) is 4.90 Å². The number of aromatic nitrogens is 2. The normalized spacial score (nSPS) is 19.3. The van der Waals surface area contributed by atoms with Crippen LogP contribution in [-0.2, 0) is 4.74 Å². The van der Waals surface area contributed by atoms with Gasteiger partial charge in [0, 0.05) is 20.2 Å². The van der Waals surface area contributed by atoms with Crippen molar-refractivity contribution in [1.82, 2.24) is 9.97 Å². The molecule has 1 unspecified atom stereocenters. The molecule has 0 aromatic carbocycles. The van der Waals surface area contributed by atoms with E-state index in [-0.39, 0.29) is 28.6 Å². The molecule has 1 atom stereocenters. The number of nitro groups is 1. The van der Waals surface area contributed by atoms with Crippen LogP contribution < -0.4 is 4.90 Å². The number of hydrogen-bond acceptors (Lipinski definition) is 6. The lowest BCUT2D eigenvalue weighted by Gasteiger charge is -2.17. The molecule has 2 rings (SSSR count). The molecule has 7 nitrogen and oxygen atoms in total. The van der Waals surface area contributed by atoms with Crippen LogP contribution in [0.25, 0.3) is 0 Å². The smallest absolute Gasteiger partial charge is 0.332 e. The van der Waals surface area contributed by atoms with Crippen LogP contribution in [0.15, 0.2) is 0 Å². The first-order chi connectivity index (χ1) is 8.52. The maximum Gasteiger partial charge on any atom is 0.332 e. The molecule has 0 saturated carbocycles. The van der Waals surface area contributed by atoms with Crippen LogP contribution >= 0.6 is 11.6 Å². The van der Waals surface area contributed by atoms with E-state index >= 15 is 0 Å². The van der Waals surface area contributed by atoms with Gasteiger partial charge in [-0.15, -0.1) is 0 Å². The summed E-state index contributed by atoms with van der Waals surface area (Å²) in [7, 11) is 1.63. The molecule has 1 aromatic heterocycles. The second-order valence-electron chi connectivity index (χ2n) is 4.10. The number of anilines is 1. The second kappa shape index (κ2) is 5.03. The van der Waals surface area contributed by atoms with Crippen molar-refractivity contribution in [3.8, 4) is 0 Å². The molecule has 1 aliphatic heterocycles. The summed E-state index contributed by atoms with van der Waals surface area (Å²) in [6, 6.07) is 0. The van der Waals surface area contributed by atoms with Gasteiger partial charge in [-0.05, 0) is 24.9 Å². The highest BCUT2D eigenvalue weighted by molar-refractivity contribution is 6.28.